The Bertz CT molecular complexity index is 447. The third-order valence-electron chi connectivity index (χ3n) is 1.26. The SMILES string of the molecule is O=c1ccn(C#CCCO)c(=O)[nH]1. The molecule has 0 aliphatic heterocycles. The first-order chi connectivity index (χ1) is 6.24. The lowest BCUT2D eigenvalue weighted by molar-refractivity contribution is 0.305. The molecule has 0 aromatic carbocycles. The second-order valence-electron chi connectivity index (χ2n) is 2.24. The van der Waals surface area contributed by atoms with Gasteiger partial charge in [-0.3, -0.25) is 9.78 Å². The van der Waals surface area contributed by atoms with Crippen molar-refractivity contribution in [1.29, 1.82) is 0 Å². The summed E-state index contributed by atoms with van der Waals surface area (Å²) in [6, 6.07) is 3.67. The maximum Gasteiger partial charge on any atom is 0.340 e. The predicted molar refractivity (Wildman–Crippen MR) is 46.2 cm³/mol. The molecule has 0 saturated heterocycles. The maximum atomic E-state index is 11.0. The number of aliphatic hydroxyl groups excluding tert-OH is 1. The van der Waals surface area contributed by atoms with Gasteiger partial charge in [0.05, 0.1) is 6.61 Å². The van der Waals surface area contributed by atoms with Crippen LogP contribution in [0.1, 0.15) is 6.42 Å². The molecular weight excluding hydrogens is 172 g/mol. The van der Waals surface area contributed by atoms with Gasteiger partial charge < -0.3 is 5.11 Å². The van der Waals surface area contributed by atoms with Crippen molar-refractivity contribution in [3.63, 3.8) is 0 Å². The Hall–Kier alpha value is -1.80. The lowest BCUT2D eigenvalue weighted by Crippen LogP contribution is -2.26. The van der Waals surface area contributed by atoms with Crippen LogP contribution in [0.15, 0.2) is 21.9 Å². The summed E-state index contributed by atoms with van der Waals surface area (Å²) in [5.74, 6) is 2.55. The monoisotopic (exact) mass is 180 g/mol. The molecule has 5 nitrogen and oxygen atoms in total. The van der Waals surface area contributed by atoms with E-state index in [1.54, 1.807) is 0 Å². The zero-order valence-corrected chi connectivity index (χ0v) is 6.78. The molecule has 1 rings (SSSR count). The summed E-state index contributed by atoms with van der Waals surface area (Å²) in [6.07, 6.45) is 1.58. The number of nitrogens with one attached hydrogen (secondary N) is 1. The van der Waals surface area contributed by atoms with Gasteiger partial charge in [0.25, 0.3) is 5.56 Å². The van der Waals surface area contributed by atoms with E-state index >= 15 is 0 Å². The highest BCUT2D eigenvalue weighted by Gasteiger charge is 1.89. The number of aromatic amines is 1. The first-order valence-electron chi connectivity index (χ1n) is 3.66. The van der Waals surface area contributed by atoms with Crippen molar-refractivity contribution in [1.82, 2.24) is 9.55 Å². The Kier molecular flexibility index (Phi) is 3.06. The minimum Gasteiger partial charge on any atom is -0.395 e. The lowest BCUT2D eigenvalue weighted by Gasteiger charge is -1.90. The summed E-state index contributed by atoms with van der Waals surface area (Å²) in [4.78, 5) is 23.6. The smallest absolute Gasteiger partial charge is 0.340 e. The summed E-state index contributed by atoms with van der Waals surface area (Å²) in [5, 5.41) is 8.41. The van der Waals surface area contributed by atoms with E-state index in [1.807, 2.05) is 0 Å². The van der Waals surface area contributed by atoms with Crippen LogP contribution in [0.5, 0.6) is 0 Å². The van der Waals surface area contributed by atoms with Crippen molar-refractivity contribution in [3.05, 3.63) is 33.1 Å². The van der Waals surface area contributed by atoms with Crippen LogP contribution < -0.4 is 11.2 Å². The van der Waals surface area contributed by atoms with Crippen LogP contribution in [0.3, 0.4) is 0 Å². The van der Waals surface area contributed by atoms with Crippen LogP contribution in [-0.2, 0) is 0 Å². The Morgan fingerprint density at radius 2 is 2.31 bits per heavy atom. The van der Waals surface area contributed by atoms with Crippen LogP contribution in [0, 0.1) is 12.0 Å². The van der Waals surface area contributed by atoms with Gasteiger partial charge in [-0.05, 0) is 0 Å². The van der Waals surface area contributed by atoms with Crippen molar-refractivity contribution in [2.24, 2.45) is 0 Å². The molecule has 0 bridgehead atoms. The van der Waals surface area contributed by atoms with Gasteiger partial charge in [0.1, 0.15) is 0 Å². The van der Waals surface area contributed by atoms with Gasteiger partial charge >= 0.3 is 5.69 Å². The topological polar surface area (TPSA) is 75.1 Å². The van der Waals surface area contributed by atoms with Gasteiger partial charge in [-0.25, -0.2) is 9.36 Å². The zero-order chi connectivity index (χ0) is 9.68. The van der Waals surface area contributed by atoms with Crippen molar-refractivity contribution >= 4 is 0 Å². The van der Waals surface area contributed by atoms with Crippen LogP contribution in [0.2, 0.25) is 0 Å². The van der Waals surface area contributed by atoms with Gasteiger partial charge in [0.15, 0.2) is 0 Å². The van der Waals surface area contributed by atoms with Crippen LogP contribution in [-0.4, -0.2) is 21.3 Å². The minimum atomic E-state index is -0.571. The Morgan fingerprint density at radius 1 is 1.54 bits per heavy atom. The normalized spacial score (nSPS) is 9.00. The molecular formula is C8H8N2O3. The number of hydrogen-bond donors (Lipinski definition) is 2. The Balaban J connectivity index is 2.99. The van der Waals surface area contributed by atoms with E-state index in [-0.39, 0.29) is 6.61 Å². The molecule has 0 atom stereocenters. The van der Waals surface area contributed by atoms with Crippen molar-refractivity contribution in [2.75, 3.05) is 6.61 Å². The molecule has 0 fully saturated rings. The van der Waals surface area contributed by atoms with E-state index in [0.717, 1.165) is 4.57 Å². The number of hydrogen-bond acceptors (Lipinski definition) is 3. The average Bonchev–Trinajstić information content (AvgIpc) is 2.09. The molecule has 0 spiro atoms. The summed E-state index contributed by atoms with van der Waals surface area (Å²) in [6.45, 7) is -0.0505. The van der Waals surface area contributed by atoms with Gasteiger partial charge in [-0.15, -0.1) is 0 Å². The number of rotatable bonds is 1. The van der Waals surface area contributed by atoms with Gasteiger partial charge in [-0.2, -0.15) is 0 Å². The molecule has 0 unspecified atom stereocenters. The van der Waals surface area contributed by atoms with Crippen LogP contribution >= 0.6 is 0 Å². The number of aliphatic hydroxyl groups is 1. The quantitative estimate of drug-likeness (QED) is 0.529. The lowest BCUT2D eigenvalue weighted by atomic mass is 10.5. The molecule has 13 heavy (non-hydrogen) atoms. The predicted octanol–water partition coefficient (Wildman–Crippen LogP) is -1.27. The first-order valence-corrected chi connectivity index (χ1v) is 3.66. The van der Waals surface area contributed by atoms with Crippen molar-refractivity contribution < 1.29 is 5.11 Å². The molecule has 0 saturated carbocycles. The van der Waals surface area contributed by atoms with Crippen LogP contribution in [0.25, 0.3) is 0 Å². The molecule has 2 N–H and O–H groups in total. The molecule has 5 heteroatoms. The molecule has 1 heterocycles. The molecule has 0 aliphatic rings. The van der Waals surface area contributed by atoms with Gasteiger partial charge in [0.2, 0.25) is 0 Å². The third-order valence-corrected chi connectivity index (χ3v) is 1.26. The number of aromatic nitrogens is 2. The van der Waals surface area contributed by atoms with E-state index in [4.69, 9.17) is 5.11 Å². The highest BCUT2D eigenvalue weighted by Crippen LogP contribution is 1.72. The molecule has 0 radical (unpaired) electrons. The summed E-state index contributed by atoms with van der Waals surface area (Å²) in [5.41, 5.74) is -1.02. The highest BCUT2D eigenvalue weighted by atomic mass is 16.2. The van der Waals surface area contributed by atoms with Crippen molar-refractivity contribution in [3.8, 4) is 12.0 Å². The second kappa shape index (κ2) is 4.28. The van der Waals surface area contributed by atoms with E-state index in [0.29, 0.717) is 6.42 Å². The van der Waals surface area contributed by atoms with E-state index in [9.17, 15) is 9.59 Å². The molecule has 68 valence electrons. The van der Waals surface area contributed by atoms with E-state index in [1.165, 1.54) is 12.3 Å². The second-order valence-corrected chi connectivity index (χ2v) is 2.24. The van der Waals surface area contributed by atoms with Gasteiger partial charge in [-0.1, -0.05) is 5.92 Å². The summed E-state index contributed by atoms with van der Waals surface area (Å²) in [7, 11) is 0. The summed E-state index contributed by atoms with van der Waals surface area (Å²) >= 11 is 0. The third kappa shape index (κ3) is 2.61. The Morgan fingerprint density at radius 3 is 2.92 bits per heavy atom. The van der Waals surface area contributed by atoms with Crippen molar-refractivity contribution in [2.45, 2.75) is 6.42 Å². The largest absolute Gasteiger partial charge is 0.395 e. The minimum absolute atomic E-state index is 0.0505. The highest BCUT2D eigenvalue weighted by molar-refractivity contribution is 5.03. The Labute approximate surface area is 73.7 Å². The fraction of sp³-hybridized carbons (Fsp3) is 0.250. The number of H-pyrrole nitrogens is 1. The average molecular weight is 180 g/mol. The summed E-state index contributed by atoms with van der Waals surface area (Å²) < 4.78 is 1.05. The number of nitrogens with zero attached hydrogens (tertiary/aromatic N) is 1. The fourth-order valence-corrected chi connectivity index (χ4v) is 0.702. The standard InChI is InChI=1S/C8H8N2O3/c11-6-2-1-4-10-5-3-7(12)9-8(10)13/h3,5,11H,2,6H2,(H,9,12,13). The molecule has 0 aliphatic carbocycles. The van der Waals surface area contributed by atoms with Crippen LogP contribution in [0.4, 0.5) is 0 Å². The molecule has 0 amide bonds. The molecule has 1 aromatic heterocycles. The van der Waals surface area contributed by atoms with E-state index in [2.05, 4.69) is 16.9 Å². The molecule has 1 aromatic rings. The first kappa shape index (κ1) is 9.29. The van der Waals surface area contributed by atoms with Gasteiger partial charge in [0, 0.05) is 24.7 Å². The fourth-order valence-electron chi connectivity index (χ4n) is 0.702. The zero-order valence-electron chi connectivity index (χ0n) is 6.78. The maximum absolute atomic E-state index is 11.0. The van der Waals surface area contributed by atoms with E-state index < -0.39 is 11.2 Å².